The van der Waals surface area contributed by atoms with E-state index in [2.05, 4.69) is 20.8 Å². The Morgan fingerprint density at radius 1 is 1.00 bits per heavy atom. The smallest absolute Gasteiger partial charge is 0.257 e. The van der Waals surface area contributed by atoms with Gasteiger partial charge in [0.2, 0.25) is 5.91 Å². The van der Waals surface area contributed by atoms with Crippen molar-refractivity contribution < 1.29 is 9.59 Å². The van der Waals surface area contributed by atoms with E-state index >= 15 is 0 Å². The minimum absolute atomic E-state index is 0.131. The van der Waals surface area contributed by atoms with Crippen LogP contribution >= 0.6 is 23.4 Å². The fourth-order valence-electron chi connectivity index (χ4n) is 3.03. The van der Waals surface area contributed by atoms with E-state index in [1.54, 1.807) is 34.9 Å². The normalized spacial score (nSPS) is 10.8. The highest BCUT2D eigenvalue weighted by Crippen LogP contribution is 2.22. The molecule has 162 valence electrons. The number of hydrogen-bond donors (Lipinski definition) is 2. The molecule has 0 unspecified atom stereocenters. The molecule has 0 saturated carbocycles. The zero-order chi connectivity index (χ0) is 22.7. The summed E-state index contributed by atoms with van der Waals surface area (Å²) in [5.41, 5.74) is 4.40. The van der Waals surface area contributed by atoms with E-state index < -0.39 is 0 Å². The number of pyridine rings is 1. The van der Waals surface area contributed by atoms with Crippen LogP contribution in [0.4, 0.5) is 11.4 Å². The van der Waals surface area contributed by atoms with Crippen molar-refractivity contribution in [1.29, 1.82) is 0 Å². The van der Waals surface area contributed by atoms with Crippen LogP contribution in [0.25, 0.3) is 5.65 Å². The first-order valence-electron chi connectivity index (χ1n) is 9.80. The number of anilines is 2. The van der Waals surface area contributed by atoms with Crippen molar-refractivity contribution in [2.45, 2.75) is 19.0 Å². The summed E-state index contributed by atoms with van der Waals surface area (Å²) in [7, 11) is 0. The molecule has 2 N–H and O–H groups in total. The number of carbonyl (C=O) groups excluding carboxylic acids is 2. The van der Waals surface area contributed by atoms with Gasteiger partial charge in [-0.25, -0.2) is 0 Å². The van der Waals surface area contributed by atoms with Gasteiger partial charge >= 0.3 is 0 Å². The van der Waals surface area contributed by atoms with Crippen molar-refractivity contribution >= 4 is 52.2 Å². The van der Waals surface area contributed by atoms with Crippen LogP contribution in [0.1, 0.15) is 21.5 Å². The molecular formula is C23H20ClN5O2S. The van der Waals surface area contributed by atoms with Crippen LogP contribution < -0.4 is 10.6 Å². The van der Waals surface area contributed by atoms with Crippen molar-refractivity contribution in [2.75, 3.05) is 16.4 Å². The van der Waals surface area contributed by atoms with Gasteiger partial charge in [0, 0.05) is 22.6 Å². The number of benzene rings is 2. The highest BCUT2D eigenvalue weighted by molar-refractivity contribution is 7.99. The first-order valence-corrected chi connectivity index (χ1v) is 11.2. The van der Waals surface area contributed by atoms with Gasteiger partial charge in [0.05, 0.1) is 11.3 Å². The third kappa shape index (κ3) is 5.09. The molecule has 2 aromatic heterocycles. The number of amides is 2. The number of aromatic nitrogens is 3. The molecule has 2 aromatic carbocycles. The number of fused-ring (bicyclic) bond motifs is 1. The lowest BCUT2D eigenvalue weighted by Gasteiger charge is -2.08. The summed E-state index contributed by atoms with van der Waals surface area (Å²) in [6, 6.07) is 16.4. The molecule has 0 aliphatic rings. The molecule has 9 heteroatoms. The van der Waals surface area contributed by atoms with E-state index in [1.165, 1.54) is 11.8 Å². The average Bonchev–Trinajstić information content (AvgIpc) is 3.17. The van der Waals surface area contributed by atoms with Crippen molar-refractivity contribution in [3.8, 4) is 0 Å². The van der Waals surface area contributed by atoms with Crippen LogP contribution in [0, 0.1) is 13.8 Å². The van der Waals surface area contributed by atoms with Gasteiger partial charge in [0.15, 0.2) is 10.8 Å². The number of carbonyl (C=O) groups is 2. The van der Waals surface area contributed by atoms with Gasteiger partial charge in [0.1, 0.15) is 0 Å². The second-order valence-electron chi connectivity index (χ2n) is 7.25. The van der Waals surface area contributed by atoms with E-state index in [0.717, 1.165) is 16.8 Å². The summed E-state index contributed by atoms with van der Waals surface area (Å²) in [5.74, 6) is -0.303. The largest absolute Gasteiger partial charge is 0.325 e. The van der Waals surface area contributed by atoms with Crippen molar-refractivity contribution in [1.82, 2.24) is 14.6 Å². The molecule has 32 heavy (non-hydrogen) atoms. The maximum atomic E-state index is 12.7. The Labute approximate surface area is 194 Å². The number of nitrogens with one attached hydrogen (secondary N) is 2. The molecule has 0 fully saturated rings. The first kappa shape index (κ1) is 21.9. The minimum Gasteiger partial charge on any atom is -0.325 e. The quantitative estimate of drug-likeness (QED) is 0.392. The standard InChI is InChI=1S/C23H20ClN5O2S/c1-14-4-3-5-17(10-14)26-22(31)16-7-9-20-27-28-23(29(20)12-16)32-13-21(30)25-18-8-6-15(2)19(24)11-18/h3-12H,13H2,1-2H3,(H,25,30)(H,26,31). The lowest BCUT2D eigenvalue weighted by atomic mass is 10.2. The molecule has 0 saturated heterocycles. The molecular weight excluding hydrogens is 446 g/mol. The molecule has 4 aromatic rings. The van der Waals surface area contributed by atoms with Gasteiger partial charge in [-0.05, 0) is 61.4 Å². The highest BCUT2D eigenvalue weighted by Gasteiger charge is 2.13. The summed E-state index contributed by atoms with van der Waals surface area (Å²) < 4.78 is 1.70. The Kier molecular flexibility index (Phi) is 6.43. The molecule has 0 spiro atoms. The SMILES string of the molecule is Cc1cccc(NC(=O)c2ccc3nnc(SCC(=O)Nc4ccc(C)c(Cl)c4)n3c2)c1. The average molecular weight is 466 g/mol. The Morgan fingerprint density at radius 2 is 1.81 bits per heavy atom. The monoisotopic (exact) mass is 465 g/mol. The van der Waals surface area contributed by atoms with Gasteiger partial charge < -0.3 is 10.6 Å². The van der Waals surface area contributed by atoms with Gasteiger partial charge in [-0.15, -0.1) is 10.2 Å². The summed E-state index contributed by atoms with van der Waals surface area (Å²) >= 11 is 7.34. The lowest BCUT2D eigenvalue weighted by Crippen LogP contribution is -2.14. The van der Waals surface area contributed by atoms with E-state index in [-0.39, 0.29) is 17.6 Å². The number of thioether (sulfide) groups is 1. The Balaban J connectivity index is 1.44. The number of halogens is 1. The summed E-state index contributed by atoms with van der Waals surface area (Å²) in [6.45, 7) is 3.86. The number of aryl methyl sites for hydroxylation is 2. The summed E-state index contributed by atoms with van der Waals surface area (Å²) in [4.78, 5) is 25.0. The zero-order valence-corrected chi connectivity index (χ0v) is 19.0. The van der Waals surface area contributed by atoms with Gasteiger partial charge in [0.25, 0.3) is 5.91 Å². The van der Waals surface area contributed by atoms with E-state index in [0.29, 0.717) is 27.1 Å². The van der Waals surface area contributed by atoms with E-state index in [9.17, 15) is 9.59 Å². The zero-order valence-electron chi connectivity index (χ0n) is 17.4. The molecule has 0 radical (unpaired) electrons. The van der Waals surface area contributed by atoms with Gasteiger partial charge in [-0.1, -0.05) is 41.6 Å². The fourth-order valence-corrected chi connectivity index (χ4v) is 3.92. The van der Waals surface area contributed by atoms with Crippen LogP contribution in [0.2, 0.25) is 5.02 Å². The lowest BCUT2D eigenvalue weighted by molar-refractivity contribution is -0.113. The molecule has 0 aliphatic heterocycles. The molecule has 4 rings (SSSR count). The maximum Gasteiger partial charge on any atom is 0.257 e. The van der Waals surface area contributed by atoms with Gasteiger partial charge in [-0.2, -0.15) is 0 Å². The predicted octanol–water partition coefficient (Wildman–Crippen LogP) is 4.98. The molecule has 7 nitrogen and oxygen atoms in total. The van der Waals surface area contributed by atoms with Crippen LogP contribution in [0.15, 0.2) is 66.0 Å². The number of nitrogens with zero attached hydrogens (tertiary/aromatic N) is 3. The molecule has 0 atom stereocenters. The van der Waals surface area contributed by atoms with Crippen LogP contribution in [-0.2, 0) is 4.79 Å². The van der Waals surface area contributed by atoms with Crippen molar-refractivity contribution in [3.05, 3.63) is 82.5 Å². The number of hydrogen-bond acceptors (Lipinski definition) is 5. The fraction of sp³-hybridized carbons (Fsp3) is 0.130. The predicted molar refractivity (Wildman–Crippen MR) is 128 cm³/mol. The highest BCUT2D eigenvalue weighted by atomic mass is 35.5. The summed E-state index contributed by atoms with van der Waals surface area (Å²) in [6.07, 6.45) is 1.67. The third-order valence-corrected chi connectivity index (χ3v) is 6.05. The van der Waals surface area contributed by atoms with Crippen LogP contribution in [-0.4, -0.2) is 32.2 Å². The Morgan fingerprint density at radius 3 is 2.59 bits per heavy atom. The molecule has 2 amide bonds. The van der Waals surface area contributed by atoms with Gasteiger partial charge in [-0.3, -0.25) is 14.0 Å². The van der Waals surface area contributed by atoms with Crippen molar-refractivity contribution in [3.63, 3.8) is 0 Å². The number of rotatable bonds is 6. The Hall–Kier alpha value is -3.36. The van der Waals surface area contributed by atoms with E-state index in [4.69, 9.17) is 11.6 Å². The second kappa shape index (κ2) is 9.42. The van der Waals surface area contributed by atoms with Crippen LogP contribution in [0.3, 0.4) is 0 Å². The Bertz CT molecular complexity index is 1320. The molecule has 0 aliphatic carbocycles. The minimum atomic E-state index is -0.240. The molecule has 0 bridgehead atoms. The third-order valence-electron chi connectivity index (χ3n) is 4.70. The topological polar surface area (TPSA) is 88.4 Å². The molecule has 2 heterocycles. The van der Waals surface area contributed by atoms with Crippen LogP contribution in [0.5, 0.6) is 0 Å². The maximum absolute atomic E-state index is 12.7. The van der Waals surface area contributed by atoms with E-state index in [1.807, 2.05) is 44.2 Å². The second-order valence-corrected chi connectivity index (χ2v) is 8.60. The van der Waals surface area contributed by atoms with Crippen molar-refractivity contribution in [2.24, 2.45) is 0 Å². The first-order chi connectivity index (χ1) is 15.4. The summed E-state index contributed by atoms with van der Waals surface area (Å²) in [5, 5.41) is 15.1.